The molecule has 9 heteroatoms. The van der Waals surface area contributed by atoms with Gasteiger partial charge in [-0.1, -0.05) is 44.4 Å². The van der Waals surface area contributed by atoms with Crippen LogP contribution in [0.2, 0.25) is 0 Å². The molecule has 0 fully saturated rings. The molecule has 1 aromatic carbocycles. The molecular formula is C22H33N5O3S. The summed E-state index contributed by atoms with van der Waals surface area (Å²) in [6, 6.07) is 7.33. The lowest BCUT2D eigenvalue weighted by Crippen LogP contribution is -2.28. The molecule has 0 saturated heterocycles. The molecule has 0 unspecified atom stereocenters. The van der Waals surface area contributed by atoms with Crippen LogP contribution in [0.4, 0.5) is 5.82 Å². The Morgan fingerprint density at radius 1 is 0.968 bits per heavy atom. The maximum Gasteiger partial charge on any atom is 0.261 e. The largest absolute Gasteiger partial charge is 0.320 e. The lowest BCUT2D eigenvalue weighted by molar-refractivity contribution is 0.102. The fraction of sp³-hybridized carbons (Fsp3) is 0.500. The number of anilines is 1. The zero-order valence-corrected chi connectivity index (χ0v) is 19.2. The SMILES string of the molecule is CCCCc1ccccc1C(=O)Nc1nccnc1S(=O)(=O)NCCCCCCNC. The molecule has 8 nitrogen and oxygen atoms in total. The molecule has 2 aromatic rings. The Bertz CT molecular complexity index is 934. The molecule has 1 heterocycles. The summed E-state index contributed by atoms with van der Waals surface area (Å²) in [6.07, 6.45) is 9.18. The molecule has 1 aromatic heterocycles. The van der Waals surface area contributed by atoms with Crippen LogP contribution in [0, 0.1) is 0 Å². The van der Waals surface area contributed by atoms with Crippen molar-refractivity contribution in [3.05, 3.63) is 47.8 Å². The molecule has 170 valence electrons. The van der Waals surface area contributed by atoms with Crippen LogP contribution in [-0.4, -0.2) is 44.4 Å². The first kappa shape index (κ1) is 24.9. The van der Waals surface area contributed by atoms with Gasteiger partial charge in [-0.3, -0.25) is 4.79 Å². The second kappa shape index (κ2) is 13.1. The van der Waals surface area contributed by atoms with Gasteiger partial charge in [0.25, 0.3) is 15.9 Å². The van der Waals surface area contributed by atoms with Crippen LogP contribution in [0.15, 0.2) is 41.7 Å². The van der Waals surface area contributed by atoms with Gasteiger partial charge in [0.15, 0.2) is 5.82 Å². The van der Waals surface area contributed by atoms with E-state index < -0.39 is 15.9 Å². The van der Waals surface area contributed by atoms with Gasteiger partial charge in [0.2, 0.25) is 5.03 Å². The summed E-state index contributed by atoms with van der Waals surface area (Å²) in [5.41, 5.74) is 1.44. The van der Waals surface area contributed by atoms with Crippen molar-refractivity contribution in [2.45, 2.75) is 56.9 Å². The maximum absolute atomic E-state index is 12.9. The van der Waals surface area contributed by atoms with Gasteiger partial charge < -0.3 is 10.6 Å². The van der Waals surface area contributed by atoms with E-state index in [1.807, 2.05) is 19.2 Å². The van der Waals surface area contributed by atoms with E-state index in [-0.39, 0.29) is 10.8 Å². The minimum atomic E-state index is -3.89. The highest BCUT2D eigenvalue weighted by molar-refractivity contribution is 7.89. The Morgan fingerprint density at radius 3 is 2.42 bits per heavy atom. The average Bonchev–Trinajstić information content (AvgIpc) is 2.77. The standard InChI is InChI=1S/C22H33N5O3S/c1-3-4-11-18-12-7-8-13-19(18)21(28)27-20-22(25-17-16-24-20)31(29,30)26-15-10-6-5-9-14-23-2/h7-8,12-13,16-17,23,26H,3-6,9-11,14-15H2,1-2H3,(H,24,27,28). The van der Waals surface area contributed by atoms with E-state index in [4.69, 9.17) is 0 Å². The first-order valence-corrected chi connectivity index (χ1v) is 12.3. The summed E-state index contributed by atoms with van der Waals surface area (Å²) in [7, 11) is -1.98. The average molecular weight is 448 g/mol. The lowest BCUT2D eigenvalue weighted by atomic mass is 10.0. The number of carbonyl (C=O) groups excluding carboxylic acids is 1. The number of rotatable bonds is 14. The number of amides is 1. The minimum Gasteiger partial charge on any atom is -0.320 e. The summed E-state index contributed by atoms with van der Waals surface area (Å²) < 4.78 is 28.0. The highest BCUT2D eigenvalue weighted by Crippen LogP contribution is 2.18. The predicted molar refractivity (Wildman–Crippen MR) is 123 cm³/mol. The molecular weight excluding hydrogens is 414 g/mol. The zero-order valence-electron chi connectivity index (χ0n) is 18.4. The van der Waals surface area contributed by atoms with Crippen molar-refractivity contribution in [1.82, 2.24) is 20.0 Å². The van der Waals surface area contributed by atoms with Crippen molar-refractivity contribution in [2.24, 2.45) is 0 Å². The minimum absolute atomic E-state index is 0.0701. The van der Waals surface area contributed by atoms with E-state index in [1.165, 1.54) is 12.4 Å². The van der Waals surface area contributed by atoms with Gasteiger partial charge in [0.1, 0.15) is 0 Å². The summed E-state index contributed by atoms with van der Waals surface area (Å²) in [4.78, 5) is 20.9. The number of unbranched alkanes of at least 4 members (excludes halogenated alkanes) is 4. The Kier molecular flexibility index (Phi) is 10.6. The first-order chi connectivity index (χ1) is 15.0. The van der Waals surface area contributed by atoms with Crippen LogP contribution in [0.3, 0.4) is 0 Å². The number of hydrogen-bond acceptors (Lipinski definition) is 6. The van der Waals surface area contributed by atoms with Gasteiger partial charge in [0.05, 0.1) is 0 Å². The molecule has 31 heavy (non-hydrogen) atoms. The van der Waals surface area contributed by atoms with Crippen molar-refractivity contribution in [2.75, 3.05) is 25.5 Å². The quantitative estimate of drug-likeness (QED) is 0.384. The third-order valence-corrected chi connectivity index (χ3v) is 6.25. The zero-order chi connectivity index (χ0) is 22.5. The van der Waals surface area contributed by atoms with Gasteiger partial charge in [-0.25, -0.2) is 23.1 Å². The fourth-order valence-electron chi connectivity index (χ4n) is 3.16. The highest BCUT2D eigenvalue weighted by atomic mass is 32.2. The monoisotopic (exact) mass is 447 g/mol. The Balaban J connectivity index is 2.05. The highest BCUT2D eigenvalue weighted by Gasteiger charge is 2.23. The van der Waals surface area contributed by atoms with Gasteiger partial charge in [0, 0.05) is 24.5 Å². The molecule has 3 N–H and O–H groups in total. The topological polar surface area (TPSA) is 113 Å². The number of aromatic nitrogens is 2. The molecule has 0 bridgehead atoms. The van der Waals surface area contributed by atoms with Crippen LogP contribution < -0.4 is 15.4 Å². The number of sulfonamides is 1. The van der Waals surface area contributed by atoms with Gasteiger partial charge in [-0.05, 0) is 50.9 Å². The normalized spacial score (nSPS) is 11.4. The third-order valence-electron chi connectivity index (χ3n) is 4.86. The molecule has 0 aliphatic heterocycles. The first-order valence-electron chi connectivity index (χ1n) is 10.8. The molecule has 0 aliphatic rings. The third kappa shape index (κ3) is 8.01. The van der Waals surface area contributed by atoms with E-state index in [9.17, 15) is 13.2 Å². The van der Waals surface area contributed by atoms with Crippen LogP contribution in [0.1, 0.15) is 61.4 Å². The summed E-state index contributed by atoms with van der Waals surface area (Å²) in [6.45, 7) is 3.36. The number of aryl methyl sites for hydroxylation is 1. The van der Waals surface area contributed by atoms with Gasteiger partial charge in [-0.15, -0.1) is 0 Å². The van der Waals surface area contributed by atoms with Crippen molar-refractivity contribution in [1.29, 1.82) is 0 Å². The molecule has 0 aliphatic carbocycles. The number of carbonyl (C=O) groups is 1. The van der Waals surface area contributed by atoms with E-state index in [1.54, 1.807) is 12.1 Å². The molecule has 2 rings (SSSR count). The number of nitrogens with zero attached hydrogens (tertiary/aromatic N) is 2. The van der Waals surface area contributed by atoms with E-state index in [0.29, 0.717) is 12.1 Å². The van der Waals surface area contributed by atoms with Crippen LogP contribution in [0.5, 0.6) is 0 Å². The number of nitrogens with one attached hydrogen (secondary N) is 3. The second-order valence-electron chi connectivity index (χ2n) is 7.34. The Labute approximate surface area is 185 Å². The van der Waals surface area contributed by atoms with Crippen LogP contribution in [0.25, 0.3) is 0 Å². The Hall–Kier alpha value is -2.36. The fourth-order valence-corrected chi connectivity index (χ4v) is 4.27. The molecule has 0 saturated carbocycles. The van der Waals surface area contributed by atoms with Crippen molar-refractivity contribution >= 4 is 21.7 Å². The lowest BCUT2D eigenvalue weighted by Gasteiger charge is -2.12. The second-order valence-corrected chi connectivity index (χ2v) is 9.02. The van der Waals surface area contributed by atoms with Crippen molar-refractivity contribution < 1.29 is 13.2 Å². The van der Waals surface area contributed by atoms with E-state index in [0.717, 1.165) is 57.1 Å². The molecule has 0 radical (unpaired) electrons. The van der Waals surface area contributed by atoms with Crippen LogP contribution in [-0.2, 0) is 16.4 Å². The molecule has 1 amide bonds. The van der Waals surface area contributed by atoms with E-state index in [2.05, 4.69) is 32.2 Å². The molecule has 0 spiro atoms. The molecule has 0 atom stereocenters. The number of benzene rings is 1. The van der Waals surface area contributed by atoms with Gasteiger partial charge in [-0.2, -0.15) is 0 Å². The Morgan fingerprint density at radius 2 is 1.68 bits per heavy atom. The summed E-state index contributed by atoms with van der Waals surface area (Å²) in [5, 5.41) is 5.45. The van der Waals surface area contributed by atoms with Crippen molar-refractivity contribution in [3.8, 4) is 0 Å². The maximum atomic E-state index is 12.9. The summed E-state index contributed by atoms with van der Waals surface area (Å²) >= 11 is 0. The number of hydrogen-bond donors (Lipinski definition) is 3. The smallest absolute Gasteiger partial charge is 0.261 e. The predicted octanol–water partition coefficient (Wildman–Crippen LogP) is 3.13. The van der Waals surface area contributed by atoms with E-state index >= 15 is 0 Å². The van der Waals surface area contributed by atoms with Gasteiger partial charge >= 0.3 is 0 Å². The van der Waals surface area contributed by atoms with Crippen LogP contribution >= 0.6 is 0 Å². The van der Waals surface area contributed by atoms with Crippen molar-refractivity contribution in [3.63, 3.8) is 0 Å². The summed E-state index contributed by atoms with van der Waals surface area (Å²) in [5.74, 6) is -0.465.